The van der Waals surface area contributed by atoms with Crippen LogP contribution in [-0.2, 0) is 26.8 Å². The number of urea groups is 1. The molecule has 1 aromatic heterocycles. The lowest BCUT2D eigenvalue weighted by molar-refractivity contribution is -0.127. The van der Waals surface area contributed by atoms with Crippen molar-refractivity contribution in [2.45, 2.75) is 12.0 Å². The minimum Gasteiger partial charge on any atom is -0.351 e. The Morgan fingerprint density at radius 2 is 1.71 bits per heavy atom. The number of para-hydroxylation sites is 1. The molecule has 2 aliphatic rings. The lowest BCUT2D eigenvalue weighted by Gasteiger charge is -2.45. The number of primary amides is 1. The van der Waals surface area contributed by atoms with E-state index in [0.29, 0.717) is 11.4 Å². The second-order valence-corrected chi connectivity index (χ2v) is 11.6. The third-order valence-electron chi connectivity index (χ3n) is 7.26. The topological polar surface area (TPSA) is 126 Å². The fourth-order valence-electron chi connectivity index (χ4n) is 5.54. The number of anilines is 2. The number of amides is 3. The monoisotopic (exact) mass is 527 g/mol. The van der Waals surface area contributed by atoms with Crippen LogP contribution in [0.3, 0.4) is 0 Å². The molecule has 3 N–H and O–H groups in total. The van der Waals surface area contributed by atoms with E-state index >= 15 is 0 Å². The number of benzene rings is 3. The summed E-state index contributed by atoms with van der Waals surface area (Å²) in [5.41, 5.74) is 9.24. The Bertz CT molecular complexity index is 1710. The molecule has 3 amide bonds. The molecule has 6 rings (SSSR count). The molecular formula is C28H25N5O4S. The van der Waals surface area contributed by atoms with Crippen molar-refractivity contribution in [2.75, 3.05) is 29.0 Å². The number of aromatic nitrogens is 1. The summed E-state index contributed by atoms with van der Waals surface area (Å²) < 4.78 is 25.8. The summed E-state index contributed by atoms with van der Waals surface area (Å²) in [6, 6.07) is 22.1. The summed E-state index contributed by atoms with van der Waals surface area (Å²) in [6.45, 7) is 0.737. The van der Waals surface area contributed by atoms with Gasteiger partial charge in [0.2, 0.25) is 15.9 Å². The third kappa shape index (κ3) is 3.84. The van der Waals surface area contributed by atoms with Crippen molar-refractivity contribution in [2.24, 2.45) is 5.73 Å². The largest absolute Gasteiger partial charge is 0.351 e. The highest BCUT2D eigenvalue weighted by molar-refractivity contribution is 7.92. The van der Waals surface area contributed by atoms with Crippen molar-refractivity contribution in [3.63, 3.8) is 0 Å². The van der Waals surface area contributed by atoms with E-state index in [-0.39, 0.29) is 25.5 Å². The molecule has 4 aromatic rings. The molecule has 38 heavy (non-hydrogen) atoms. The number of likely N-dealkylation sites (tertiary alicyclic amines) is 1. The van der Waals surface area contributed by atoms with E-state index < -0.39 is 21.5 Å². The van der Waals surface area contributed by atoms with Crippen LogP contribution >= 0.6 is 0 Å². The van der Waals surface area contributed by atoms with E-state index in [2.05, 4.69) is 4.72 Å². The number of nitrogens with two attached hydrogens (primary N) is 1. The normalized spacial score (nSPS) is 16.0. The molecule has 0 radical (unpaired) electrons. The maximum Gasteiger partial charge on any atom is 0.314 e. The van der Waals surface area contributed by atoms with Crippen molar-refractivity contribution in [1.29, 1.82) is 0 Å². The van der Waals surface area contributed by atoms with Crippen molar-refractivity contribution in [3.8, 4) is 11.1 Å². The molecular weight excluding hydrogens is 502 g/mol. The van der Waals surface area contributed by atoms with Crippen molar-refractivity contribution in [3.05, 3.63) is 90.3 Å². The van der Waals surface area contributed by atoms with E-state index in [1.165, 1.54) is 4.90 Å². The zero-order valence-corrected chi connectivity index (χ0v) is 21.4. The van der Waals surface area contributed by atoms with Crippen LogP contribution in [0.5, 0.6) is 0 Å². The van der Waals surface area contributed by atoms with Crippen LogP contribution in [0.25, 0.3) is 21.9 Å². The van der Waals surface area contributed by atoms with Gasteiger partial charge < -0.3 is 15.5 Å². The number of pyridine rings is 1. The highest BCUT2D eigenvalue weighted by Gasteiger charge is 2.59. The van der Waals surface area contributed by atoms with Gasteiger partial charge in [0.25, 0.3) is 0 Å². The molecule has 0 saturated carbocycles. The molecule has 1 fully saturated rings. The molecule has 0 atom stereocenters. The first kappa shape index (κ1) is 23.9. The summed E-state index contributed by atoms with van der Waals surface area (Å²) in [7, 11) is -3.40. The van der Waals surface area contributed by atoms with Gasteiger partial charge in [0.1, 0.15) is 5.41 Å². The summed E-state index contributed by atoms with van der Waals surface area (Å²) >= 11 is 0. The van der Waals surface area contributed by atoms with Crippen LogP contribution in [0, 0.1) is 0 Å². The van der Waals surface area contributed by atoms with Gasteiger partial charge in [-0.3, -0.25) is 14.5 Å². The van der Waals surface area contributed by atoms with Gasteiger partial charge in [0, 0.05) is 41.6 Å². The van der Waals surface area contributed by atoms with Gasteiger partial charge in [-0.15, -0.1) is 0 Å². The molecule has 1 spiro atoms. The molecule has 192 valence electrons. The molecule has 0 unspecified atom stereocenters. The number of hydrogen-bond donors (Lipinski definition) is 2. The van der Waals surface area contributed by atoms with Crippen molar-refractivity contribution >= 4 is 44.1 Å². The summed E-state index contributed by atoms with van der Waals surface area (Å²) in [5, 5.41) is 1.92. The number of sulfonamides is 1. The maximum atomic E-state index is 13.9. The van der Waals surface area contributed by atoms with Gasteiger partial charge in [0.05, 0.1) is 18.5 Å². The smallest absolute Gasteiger partial charge is 0.314 e. The number of rotatable bonds is 5. The fraction of sp³-hybridized carbons (Fsp3) is 0.179. The average Bonchev–Trinajstić information content (AvgIpc) is 3.10. The van der Waals surface area contributed by atoms with Gasteiger partial charge in [-0.05, 0) is 34.7 Å². The first-order valence-electron chi connectivity index (χ1n) is 12.1. The zero-order valence-electron chi connectivity index (χ0n) is 20.6. The van der Waals surface area contributed by atoms with Gasteiger partial charge in [-0.25, -0.2) is 13.2 Å². The SMILES string of the molecule is CS(=O)(=O)Nc1ccc(-c2c(CN3C(=O)C4(CN(C(N)=O)C4)c4ccccc43)ncc3ccccc23)cc1. The lowest BCUT2D eigenvalue weighted by atomic mass is 9.75. The standard InChI is InChI=1S/C28H25N5O4S/c1-38(36,37)31-20-12-10-18(11-13-20)25-21-7-3-2-6-19(21)14-30-23(25)15-33-24-9-5-4-8-22(24)28(26(33)34)16-32(17-28)27(29)35/h2-14,31H,15-17H2,1H3,(H2,29,35). The Hall–Kier alpha value is -4.44. The molecule has 3 aromatic carbocycles. The van der Waals surface area contributed by atoms with Crippen molar-refractivity contribution < 1.29 is 18.0 Å². The molecule has 2 aliphatic heterocycles. The predicted octanol–water partition coefficient (Wildman–Crippen LogP) is 3.45. The molecule has 3 heterocycles. The van der Waals surface area contributed by atoms with Gasteiger partial charge >= 0.3 is 6.03 Å². The molecule has 0 aliphatic carbocycles. The number of hydrogen-bond acceptors (Lipinski definition) is 5. The Kier molecular flexibility index (Phi) is 5.39. The van der Waals surface area contributed by atoms with E-state index in [4.69, 9.17) is 10.7 Å². The van der Waals surface area contributed by atoms with Gasteiger partial charge in [-0.1, -0.05) is 54.6 Å². The Balaban J connectivity index is 1.43. The molecule has 1 saturated heterocycles. The van der Waals surface area contributed by atoms with Gasteiger partial charge in [0.15, 0.2) is 0 Å². The number of carbonyl (C=O) groups is 2. The second-order valence-electron chi connectivity index (χ2n) is 9.80. The van der Waals surface area contributed by atoms with Crippen LogP contribution < -0.4 is 15.4 Å². The van der Waals surface area contributed by atoms with E-state index in [0.717, 1.165) is 39.4 Å². The first-order chi connectivity index (χ1) is 18.2. The maximum absolute atomic E-state index is 13.9. The van der Waals surface area contributed by atoms with E-state index in [1.807, 2.05) is 60.7 Å². The Labute approximate surface area is 219 Å². The lowest BCUT2D eigenvalue weighted by Crippen LogP contribution is -2.66. The van der Waals surface area contributed by atoms with Crippen LogP contribution in [0.2, 0.25) is 0 Å². The highest BCUT2D eigenvalue weighted by Crippen LogP contribution is 2.48. The Morgan fingerprint density at radius 1 is 1.03 bits per heavy atom. The molecule has 10 heteroatoms. The quantitative estimate of drug-likeness (QED) is 0.411. The van der Waals surface area contributed by atoms with Crippen molar-refractivity contribution in [1.82, 2.24) is 9.88 Å². The fourth-order valence-corrected chi connectivity index (χ4v) is 6.10. The van der Waals surface area contributed by atoms with E-state index in [9.17, 15) is 18.0 Å². The third-order valence-corrected chi connectivity index (χ3v) is 7.87. The minimum atomic E-state index is -3.40. The van der Waals surface area contributed by atoms with Crippen LogP contribution in [-0.4, -0.2) is 49.6 Å². The summed E-state index contributed by atoms with van der Waals surface area (Å²) in [5.74, 6) is -0.0789. The number of carbonyl (C=O) groups excluding carboxylic acids is 2. The van der Waals surface area contributed by atoms with Gasteiger partial charge in [-0.2, -0.15) is 0 Å². The molecule has 0 bridgehead atoms. The van der Waals surface area contributed by atoms with Crippen LogP contribution in [0.4, 0.5) is 16.2 Å². The Morgan fingerprint density at radius 3 is 2.42 bits per heavy atom. The predicted molar refractivity (Wildman–Crippen MR) is 146 cm³/mol. The molecule has 9 nitrogen and oxygen atoms in total. The summed E-state index contributed by atoms with van der Waals surface area (Å²) in [6.07, 6.45) is 2.91. The number of nitrogens with zero attached hydrogens (tertiary/aromatic N) is 3. The first-order valence-corrected chi connectivity index (χ1v) is 14.0. The van der Waals surface area contributed by atoms with Crippen LogP contribution in [0.1, 0.15) is 11.3 Å². The minimum absolute atomic E-state index is 0.0789. The summed E-state index contributed by atoms with van der Waals surface area (Å²) in [4.78, 5) is 33.6. The zero-order chi connectivity index (χ0) is 26.7. The second kappa shape index (κ2) is 8.56. The number of fused-ring (bicyclic) bond motifs is 3. The van der Waals surface area contributed by atoms with E-state index in [1.54, 1.807) is 23.2 Å². The highest BCUT2D eigenvalue weighted by atomic mass is 32.2. The average molecular weight is 528 g/mol. The van der Waals surface area contributed by atoms with Crippen LogP contribution in [0.15, 0.2) is 79.0 Å². The number of nitrogens with one attached hydrogen (secondary N) is 1.